The number of phenolic OH excluding ortho intramolecular Hbond substituents is 1. The van der Waals surface area contributed by atoms with Gasteiger partial charge in [-0.2, -0.15) is 0 Å². The highest BCUT2D eigenvalue weighted by Crippen LogP contribution is 2.26. The number of hydrogen-bond donors (Lipinski definition) is 1. The first-order chi connectivity index (χ1) is 5.81. The molecule has 0 fully saturated rings. The van der Waals surface area contributed by atoms with E-state index in [1.807, 2.05) is 0 Å². The fourth-order valence-electron chi connectivity index (χ4n) is 1.13. The number of fused-ring (bicyclic) bond motifs is 1. The van der Waals surface area contributed by atoms with Crippen molar-refractivity contribution in [3.05, 3.63) is 30.0 Å². The fourth-order valence-corrected chi connectivity index (χ4v) is 1.13. The monoisotopic (exact) mass is 162 g/mol. The Balaban J connectivity index is 2.82. The summed E-state index contributed by atoms with van der Waals surface area (Å²) in [6.07, 6.45) is 0.611. The Kier molecular flexibility index (Phi) is 1.37. The Morgan fingerprint density at radius 1 is 1.42 bits per heavy atom. The van der Waals surface area contributed by atoms with Gasteiger partial charge in [0.2, 0.25) is 0 Å². The maximum atomic E-state index is 10.3. The maximum Gasteiger partial charge on any atom is 0.185 e. The van der Waals surface area contributed by atoms with Crippen LogP contribution in [0.15, 0.2) is 28.7 Å². The first-order valence-electron chi connectivity index (χ1n) is 3.48. The summed E-state index contributed by atoms with van der Waals surface area (Å²) in [6, 6.07) is 6.57. The second-order valence-electron chi connectivity index (χ2n) is 2.46. The summed E-state index contributed by atoms with van der Waals surface area (Å²) in [7, 11) is 0. The second-order valence-corrected chi connectivity index (χ2v) is 2.46. The van der Waals surface area contributed by atoms with Crippen LogP contribution >= 0.6 is 0 Å². The van der Waals surface area contributed by atoms with Gasteiger partial charge in [0.15, 0.2) is 23.4 Å². The molecule has 2 aromatic rings. The maximum absolute atomic E-state index is 10.3. The van der Waals surface area contributed by atoms with Crippen LogP contribution in [0.25, 0.3) is 11.0 Å². The van der Waals surface area contributed by atoms with E-state index < -0.39 is 0 Å². The average Bonchev–Trinajstić information content (AvgIpc) is 2.49. The SMILES string of the molecule is O=Cc1cc2cccc(O)c2o1. The third-order valence-corrected chi connectivity index (χ3v) is 1.66. The average molecular weight is 162 g/mol. The molecule has 2 rings (SSSR count). The molecule has 0 radical (unpaired) electrons. The minimum atomic E-state index is 0.0561. The Morgan fingerprint density at radius 2 is 2.25 bits per heavy atom. The van der Waals surface area contributed by atoms with Gasteiger partial charge < -0.3 is 9.52 Å². The molecule has 0 aliphatic carbocycles. The number of hydrogen-bond acceptors (Lipinski definition) is 3. The van der Waals surface area contributed by atoms with E-state index in [1.165, 1.54) is 6.07 Å². The van der Waals surface area contributed by atoms with E-state index in [9.17, 15) is 9.90 Å². The minimum absolute atomic E-state index is 0.0561. The smallest absolute Gasteiger partial charge is 0.185 e. The van der Waals surface area contributed by atoms with Crippen LogP contribution in [0.2, 0.25) is 0 Å². The molecule has 12 heavy (non-hydrogen) atoms. The zero-order valence-corrected chi connectivity index (χ0v) is 6.15. The van der Waals surface area contributed by atoms with Crippen molar-refractivity contribution in [3.63, 3.8) is 0 Å². The molecule has 3 nitrogen and oxygen atoms in total. The van der Waals surface area contributed by atoms with Crippen LogP contribution in [0.4, 0.5) is 0 Å². The zero-order chi connectivity index (χ0) is 8.55. The van der Waals surface area contributed by atoms with Crippen LogP contribution in [0.3, 0.4) is 0 Å². The predicted octanol–water partition coefficient (Wildman–Crippen LogP) is 1.95. The van der Waals surface area contributed by atoms with E-state index in [0.29, 0.717) is 11.9 Å². The Hall–Kier alpha value is -1.77. The van der Waals surface area contributed by atoms with Gasteiger partial charge in [-0.3, -0.25) is 4.79 Å². The predicted molar refractivity (Wildman–Crippen MR) is 43.3 cm³/mol. The summed E-state index contributed by atoms with van der Waals surface area (Å²) in [4.78, 5) is 10.3. The Morgan fingerprint density at radius 3 is 2.92 bits per heavy atom. The molecule has 0 saturated heterocycles. The van der Waals surface area contributed by atoms with Crippen LogP contribution < -0.4 is 0 Å². The number of carbonyl (C=O) groups is 1. The van der Waals surface area contributed by atoms with Crippen LogP contribution in [0.1, 0.15) is 10.6 Å². The molecule has 0 bridgehead atoms. The summed E-state index contributed by atoms with van der Waals surface area (Å²) in [5.74, 6) is 0.284. The lowest BCUT2D eigenvalue weighted by atomic mass is 10.2. The van der Waals surface area contributed by atoms with Crippen LogP contribution in [0, 0.1) is 0 Å². The number of para-hydroxylation sites is 1. The number of aromatic hydroxyl groups is 1. The quantitative estimate of drug-likeness (QED) is 0.652. The number of benzene rings is 1. The summed E-state index contributed by atoms with van der Waals surface area (Å²) >= 11 is 0. The minimum Gasteiger partial charge on any atom is -0.504 e. The van der Waals surface area contributed by atoms with E-state index in [0.717, 1.165) is 5.39 Å². The first-order valence-corrected chi connectivity index (χ1v) is 3.48. The number of phenols is 1. The summed E-state index contributed by atoms with van der Waals surface area (Å²) in [5.41, 5.74) is 0.361. The summed E-state index contributed by atoms with van der Waals surface area (Å²) in [5, 5.41) is 10.0. The van der Waals surface area contributed by atoms with Gasteiger partial charge in [-0.25, -0.2) is 0 Å². The van der Waals surface area contributed by atoms with Gasteiger partial charge in [0.05, 0.1) is 0 Å². The van der Waals surface area contributed by atoms with Crippen molar-refractivity contribution in [2.24, 2.45) is 0 Å². The number of aldehydes is 1. The highest BCUT2D eigenvalue weighted by atomic mass is 16.4. The van der Waals surface area contributed by atoms with E-state index in [1.54, 1.807) is 18.2 Å². The molecule has 0 aliphatic heterocycles. The van der Waals surface area contributed by atoms with Crippen molar-refractivity contribution in [2.75, 3.05) is 0 Å². The molecule has 60 valence electrons. The van der Waals surface area contributed by atoms with Gasteiger partial charge in [0.25, 0.3) is 0 Å². The molecule has 1 aromatic carbocycles. The van der Waals surface area contributed by atoms with Crippen molar-refractivity contribution in [3.8, 4) is 5.75 Å². The molecule has 3 heteroatoms. The van der Waals surface area contributed by atoms with Crippen molar-refractivity contribution in [2.45, 2.75) is 0 Å². The molecule has 1 heterocycles. The van der Waals surface area contributed by atoms with Crippen molar-refractivity contribution >= 4 is 17.3 Å². The molecular formula is C9H6O3. The van der Waals surface area contributed by atoms with E-state index in [2.05, 4.69) is 0 Å². The van der Waals surface area contributed by atoms with Gasteiger partial charge in [0, 0.05) is 5.39 Å². The van der Waals surface area contributed by atoms with Gasteiger partial charge in [0.1, 0.15) is 0 Å². The highest BCUT2D eigenvalue weighted by Gasteiger charge is 2.05. The Labute approximate surface area is 68.2 Å². The first kappa shape index (κ1) is 6.91. The largest absolute Gasteiger partial charge is 0.504 e. The molecule has 1 N–H and O–H groups in total. The van der Waals surface area contributed by atoms with Crippen LogP contribution in [-0.4, -0.2) is 11.4 Å². The molecule has 0 amide bonds. The van der Waals surface area contributed by atoms with Gasteiger partial charge in [-0.1, -0.05) is 12.1 Å². The van der Waals surface area contributed by atoms with Crippen molar-refractivity contribution < 1.29 is 14.3 Å². The number of furan rings is 1. The zero-order valence-electron chi connectivity index (χ0n) is 6.15. The van der Waals surface area contributed by atoms with E-state index in [4.69, 9.17) is 4.42 Å². The third-order valence-electron chi connectivity index (χ3n) is 1.66. The lowest BCUT2D eigenvalue weighted by Gasteiger charge is -1.89. The van der Waals surface area contributed by atoms with Gasteiger partial charge >= 0.3 is 0 Å². The standard InChI is InChI=1S/C9H6O3/c10-5-7-4-6-2-1-3-8(11)9(6)12-7/h1-5,11H. The molecule has 1 aromatic heterocycles. The lowest BCUT2D eigenvalue weighted by Crippen LogP contribution is -1.66. The molecule has 0 atom stereocenters. The van der Waals surface area contributed by atoms with Crippen molar-refractivity contribution in [1.29, 1.82) is 0 Å². The topological polar surface area (TPSA) is 50.4 Å². The molecular weight excluding hydrogens is 156 g/mol. The van der Waals surface area contributed by atoms with Crippen LogP contribution in [0.5, 0.6) is 5.75 Å². The van der Waals surface area contributed by atoms with Gasteiger partial charge in [-0.05, 0) is 12.1 Å². The number of carbonyl (C=O) groups excluding carboxylic acids is 1. The summed E-state index contributed by atoms with van der Waals surface area (Å²) in [6.45, 7) is 0. The highest BCUT2D eigenvalue weighted by molar-refractivity contribution is 5.88. The lowest BCUT2D eigenvalue weighted by molar-refractivity contribution is 0.110. The molecule has 0 spiro atoms. The molecule has 0 saturated carbocycles. The van der Waals surface area contributed by atoms with Crippen molar-refractivity contribution in [1.82, 2.24) is 0 Å². The Bertz CT molecular complexity index is 428. The van der Waals surface area contributed by atoms with E-state index >= 15 is 0 Å². The van der Waals surface area contributed by atoms with E-state index in [-0.39, 0.29) is 11.5 Å². The normalized spacial score (nSPS) is 10.3. The molecule has 0 aliphatic rings. The van der Waals surface area contributed by atoms with Gasteiger partial charge in [-0.15, -0.1) is 0 Å². The van der Waals surface area contributed by atoms with Crippen LogP contribution in [-0.2, 0) is 0 Å². The number of rotatable bonds is 1. The molecule has 0 unspecified atom stereocenters. The fraction of sp³-hybridized carbons (Fsp3) is 0. The summed E-state index contributed by atoms with van der Waals surface area (Å²) < 4.78 is 5.03. The third kappa shape index (κ3) is 0.871. The second kappa shape index (κ2) is 2.37.